The number of hydrogen-bond acceptors (Lipinski definition) is 5. The molecule has 0 fully saturated rings. The molecular formula is C12H15N3O5S. The van der Waals surface area contributed by atoms with Crippen LogP contribution in [-0.4, -0.2) is 39.2 Å². The average Bonchev–Trinajstić information content (AvgIpc) is 2.94. The van der Waals surface area contributed by atoms with Crippen molar-refractivity contribution >= 4 is 34.4 Å². The lowest BCUT2D eigenvalue weighted by Gasteiger charge is -2.13. The zero-order valence-electron chi connectivity index (χ0n) is 11.1. The number of carboxylic acids is 2. The number of thiazole rings is 1. The lowest BCUT2D eigenvalue weighted by atomic mass is 10.1. The number of aliphatic carboxylic acids is 2. The molecule has 2 rings (SSSR count). The Morgan fingerprint density at radius 2 is 2.05 bits per heavy atom. The van der Waals surface area contributed by atoms with E-state index in [-0.39, 0.29) is 12.8 Å². The van der Waals surface area contributed by atoms with Gasteiger partial charge in [0, 0.05) is 11.3 Å². The molecule has 0 aliphatic heterocycles. The molecule has 1 heterocycles. The minimum absolute atomic E-state index is 0.174. The quantitative estimate of drug-likeness (QED) is 0.622. The molecule has 0 saturated carbocycles. The molecule has 21 heavy (non-hydrogen) atoms. The van der Waals surface area contributed by atoms with E-state index in [1.807, 2.05) is 0 Å². The standard InChI is InChI=1S/C12H15N3O5S/c16-9(17)5-4-7(10(18)19)13-11(20)15-12-14-6-2-1-3-8(6)21-12/h7H,1-5H2,(H,16,17)(H,18,19)(H2,13,14,15,20). The van der Waals surface area contributed by atoms with Gasteiger partial charge in [0.05, 0.1) is 5.69 Å². The van der Waals surface area contributed by atoms with E-state index in [2.05, 4.69) is 15.6 Å². The smallest absolute Gasteiger partial charge is 0.326 e. The Balaban J connectivity index is 1.89. The Hall–Kier alpha value is -2.16. The summed E-state index contributed by atoms with van der Waals surface area (Å²) in [4.78, 5) is 38.6. The van der Waals surface area contributed by atoms with Gasteiger partial charge < -0.3 is 15.5 Å². The predicted molar refractivity (Wildman–Crippen MR) is 74.6 cm³/mol. The molecule has 0 spiro atoms. The molecule has 0 aromatic carbocycles. The zero-order valence-corrected chi connectivity index (χ0v) is 11.9. The number of amides is 2. The first-order valence-electron chi connectivity index (χ1n) is 6.46. The second-order valence-electron chi connectivity index (χ2n) is 4.66. The molecule has 1 atom stereocenters. The maximum Gasteiger partial charge on any atom is 0.326 e. The van der Waals surface area contributed by atoms with Gasteiger partial charge in [-0.1, -0.05) is 0 Å². The van der Waals surface area contributed by atoms with Crippen LogP contribution in [0.2, 0.25) is 0 Å². The van der Waals surface area contributed by atoms with Crippen molar-refractivity contribution in [2.45, 2.75) is 38.1 Å². The van der Waals surface area contributed by atoms with E-state index in [9.17, 15) is 14.4 Å². The predicted octanol–water partition coefficient (Wildman–Crippen LogP) is 1.07. The lowest BCUT2D eigenvalue weighted by Crippen LogP contribution is -2.43. The van der Waals surface area contributed by atoms with E-state index in [0.717, 1.165) is 29.8 Å². The van der Waals surface area contributed by atoms with Crippen LogP contribution in [0.4, 0.5) is 9.93 Å². The van der Waals surface area contributed by atoms with Crippen LogP contribution in [0.1, 0.15) is 29.8 Å². The highest BCUT2D eigenvalue weighted by molar-refractivity contribution is 7.15. The van der Waals surface area contributed by atoms with E-state index >= 15 is 0 Å². The molecule has 1 aromatic heterocycles. The molecule has 114 valence electrons. The van der Waals surface area contributed by atoms with Gasteiger partial charge in [0.2, 0.25) is 0 Å². The molecule has 0 radical (unpaired) electrons. The van der Waals surface area contributed by atoms with Crippen molar-refractivity contribution in [3.63, 3.8) is 0 Å². The average molecular weight is 313 g/mol. The van der Waals surface area contributed by atoms with Gasteiger partial charge in [0.1, 0.15) is 6.04 Å². The molecule has 4 N–H and O–H groups in total. The number of aromatic nitrogens is 1. The summed E-state index contributed by atoms with van der Waals surface area (Å²) >= 11 is 1.38. The molecule has 1 unspecified atom stereocenters. The summed E-state index contributed by atoms with van der Waals surface area (Å²) in [5.74, 6) is -2.38. The van der Waals surface area contributed by atoms with Crippen LogP contribution in [0.25, 0.3) is 0 Å². The minimum Gasteiger partial charge on any atom is -0.481 e. The maximum atomic E-state index is 11.7. The van der Waals surface area contributed by atoms with Crippen LogP contribution in [-0.2, 0) is 22.4 Å². The summed E-state index contributed by atoms with van der Waals surface area (Å²) in [5.41, 5.74) is 0.982. The van der Waals surface area contributed by atoms with Gasteiger partial charge in [-0.15, -0.1) is 11.3 Å². The number of carbonyl (C=O) groups excluding carboxylic acids is 1. The van der Waals surface area contributed by atoms with Crippen molar-refractivity contribution in [3.05, 3.63) is 10.6 Å². The Bertz CT molecular complexity index is 550. The van der Waals surface area contributed by atoms with Crippen LogP contribution in [0, 0.1) is 0 Å². The van der Waals surface area contributed by atoms with Gasteiger partial charge in [-0.25, -0.2) is 14.6 Å². The molecule has 1 aliphatic carbocycles. The van der Waals surface area contributed by atoms with E-state index < -0.39 is 24.0 Å². The molecule has 9 heteroatoms. The second kappa shape index (κ2) is 6.53. The number of rotatable bonds is 6. The van der Waals surface area contributed by atoms with E-state index in [4.69, 9.17) is 10.2 Å². The number of aryl methyl sites for hydroxylation is 2. The van der Waals surface area contributed by atoms with Crippen molar-refractivity contribution in [1.29, 1.82) is 0 Å². The SMILES string of the molecule is O=C(O)CCC(NC(=O)Nc1nc2c(s1)CCC2)C(=O)O. The number of nitrogens with one attached hydrogen (secondary N) is 2. The fraction of sp³-hybridized carbons (Fsp3) is 0.500. The minimum atomic E-state index is -1.27. The summed E-state index contributed by atoms with van der Waals surface area (Å²) in [7, 11) is 0. The largest absolute Gasteiger partial charge is 0.481 e. The van der Waals surface area contributed by atoms with Crippen molar-refractivity contribution in [1.82, 2.24) is 10.3 Å². The highest BCUT2D eigenvalue weighted by Crippen LogP contribution is 2.30. The summed E-state index contributed by atoms with van der Waals surface area (Å²) in [5, 5.41) is 22.7. The van der Waals surface area contributed by atoms with Gasteiger partial charge in [0.25, 0.3) is 0 Å². The van der Waals surface area contributed by atoms with Crippen molar-refractivity contribution in [3.8, 4) is 0 Å². The topological polar surface area (TPSA) is 129 Å². The zero-order chi connectivity index (χ0) is 15.4. The normalized spacial score (nSPS) is 14.3. The van der Waals surface area contributed by atoms with Gasteiger partial charge >= 0.3 is 18.0 Å². The summed E-state index contributed by atoms with van der Waals surface area (Å²) in [6.07, 6.45) is 2.41. The Labute approximate surface area is 124 Å². The third-order valence-corrected chi connectivity index (χ3v) is 4.14. The third kappa shape index (κ3) is 4.15. The highest BCUT2D eigenvalue weighted by Gasteiger charge is 2.22. The molecule has 2 amide bonds. The van der Waals surface area contributed by atoms with E-state index in [1.165, 1.54) is 11.3 Å². The molecule has 0 saturated heterocycles. The third-order valence-electron chi connectivity index (χ3n) is 3.07. The first kappa shape index (κ1) is 15.2. The number of carboxylic acid groups (broad SMARTS) is 2. The molecular weight excluding hydrogens is 298 g/mol. The number of nitrogens with zero attached hydrogens (tertiary/aromatic N) is 1. The summed E-state index contributed by atoms with van der Waals surface area (Å²) in [6.45, 7) is 0. The highest BCUT2D eigenvalue weighted by atomic mass is 32.1. The first-order chi connectivity index (χ1) is 9.95. The first-order valence-corrected chi connectivity index (χ1v) is 7.28. The van der Waals surface area contributed by atoms with Gasteiger partial charge in [-0.05, 0) is 25.7 Å². The second-order valence-corrected chi connectivity index (χ2v) is 5.75. The molecule has 8 nitrogen and oxygen atoms in total. The van der Waals surface area contributed by atoms with Crippen LogP contribution in [0.3, 0.4) is 0 Å². The number of carbonyl (C=O) groups is 3. The summed E-state index contributed by atoms with van der Waals surface area (Å²) < 4.78 is 0. The molecule has 1 aliphatic rings. The summed E-state index contributed by atoms with van der Waals surface area (Å²) in [6, 6.07) is -1.94. The van der Waals surface area contributed by atoms with Gasteiger partial charge in [-0.2, -0.15) is 0 Å². The monoisotopic (exact) mass is 313 g/mol. The number of hydrogen-bond donors (Lipinski definition) is 4. The molecule has 1 aromatic rings. The lowest BCUT2D eigenvalue weighted by molar-refractivity contribution is -0.140. The van der Waals surface area contributed by atoms with Crippen molar-refractivity contribution in [2.75, 3.05) is 5.32 Å². The Kier molecular flexibility index (Phi) is 4.73. The van der Waals surface area contributed by atoms with Crippen LogP contribution in [0.5, 0.6) is 0 Å². The van der Waals surface area contributed by atoms with Gasteiger partial charge in [0.15, 0.2) is 5.13 Å². The van der Waals surface area contributed by atoms with E-state index in [0.29, 0.717) is 5.13 Å². The number of fused-ring (bicyclic) bond motifs is 1. The Morgan fingerprint density at radius 1 is 1.29 bits per heavy atom. The number of urea groups is 1. The van der Waals surface area contributed by atoms with Crippen molar-refractivity contribution in [2.24, 2.45) is 0 Å². The van der Waals surface area contributed by atoms with Gasteiger partial charge in [-0.3, -0.25) is 10.1 Å². The fourth-order valence-electron chi connectivity index (χ4n) is 2.06. The van der Waals surface area contributed by atoms with Crippen LogP contribution >= 0.6 is 11.3 Å². The van der Waals surface area contributed by atoms with Crippen molar-refractivity contribution < 1.29 is 24.6 Å². The molecule has 0 bridgehead atoms. The van der Waals surface area contributed by atoms with E-state index in [1.54, 1.807) is 0 Å². The Morgan fingerprint density at radius 3 is 2.67 bits per heavy atom. The van der Waals surface area contributed by atoms with Crippen LogP contribution in [0.15, 0.2) is 0 Å². The maximum absolute atomic E-state index is 11.7. The van der Waals surface area contributed by atoms with Crippen LogP contribution < -0.4 is 10.6 Å². The number of anilines is 1. The fourth-order valence-corrected chi connectivity index (χ4v) is 3.11.